The van der Waals surface area contributed by atoms with Crippen molar-refractivity contribution in [2.75, 3.05) is 0 Å². The molecule has 0 radical (unpaired) electrons. The molecule has 7 heteroatoms. The zero-order valence-electron chi connectivity index (χ0n) is 7.30. The fourth-order valence-electron chi connectivity index (χ4n) is 0.931. The Morgan fingerprint density at radius 2 is 2.64 bits per heavy atom. The highest BCUT2D eigenvalue weighted by molar-refractivity contribution is 5.68. The molecule has 1 rings (SSSR count). The maximum Gasteiger partial charge on any atom is 0.328 e. The van der Waals surface area contributed by atoms with Crippen molar-refractivity contribution in [3.8, 4) is 6.07 Å². The lowest BCUT2D eigenvalue weighted by atomic mass is 10.4. The van der Waals surface area contributed by atoms with E-state index in [4.69, 9.17) is 11.1 Å². The minimum atomic E-state index is -0.495. The highest BCUT2D eigenvalue weighted by atomic mass is 16.7. The lowest BCUT2D eigenvalue weighted by molar-refractivity contribution is -0.151. The quantitative estimate of drug-likeness (QED) is 0.474. The number of aromatic nitrogens is 2. The number of nitrogens with zero attached hydrogens (tertiary/aromatic N) is 3. The number of carbonyl (C=O) groups is 1. The third-order valence-electron chi connectivity index (χ3n) is 1.55. The molecule has 0 atom stereocenters. The van der Waals surface area contributed by atoms with Crippen molar-refractivity contribution in [3.63, 3.8) is 0 Å². The molecule has 0 aliphatic carbocycles. The summed E-state index contributed by atoms with van der Waals surface area (Å²) < 4.78 is 1.55. The van der Waals surface area contributed by atoms with Crippen molar-refractivity contribution in [1.29, 1.82) is 5.26 Å². The van der Waals surface area contributed by atoms with E-state index in [1.54, 1.807) is 16.4 Å². The van der Waals surface area contributed by atoms with Gasteiger partial charge in [0.15, 0.2) is 0 Å². The average Bonchev–Trinajstić information content (AvgIpc) is 2.62. The van der Waals surface area contributed by atoms with Crippen LogP contribution in [0.2, 0.25) is 0 Å². The minimum absolute atomic E-state index is 0.120. The normalized spacial score (nSPS) is 9.43. The van der Waals surface area contributed by atoms with Crippen LogP contribution in [0.25, 0.3) is 0 Å². The molecular formula is C7H9N5O2. The van der Waals surface area contributed by atoms with Crippen molar-refractivity contribution < 1.29 is 9.63 Å². The second kappa shape index (κ2) is 4.96. The number of hydrogen-bond acceptors (Lipinski definition) is 6. The van der Waals surface area contributed by atoms with Crippen molar-refractivity contribution in [2.24, 2.45) is 5.84 Å². The third kappa shape index (κ3) is 2.55. The number of hydrazine groups is 1. The van der Waals surface area contributed by atoms with Crippen molar-refractivity contribution in [3.05, 3.63) is 18.2 Å². The minimum Gasteiger partial charge on any atom is -0.356 e. The summed E-state index contributed by atoms with van der Waals surface area (Å²) in [6.07, 6.45) is 3.22. The Labute approximate surface area is 80.0 Å². The molecule has 14 heavy (non-hydrogen) atoms. The number of rotatable bonds is 4. The van der Waals surface area contributed by atoms with E-state index in [1.807, 2.05) is 6.07 Å². The van der Waals surface area contributed by atoms with Gasteiger partial charge in [0, 0.05) is 18.9 Å². The van der Waals surface area contributed by atoms with E-state index < -0.39 is 5.97 Å². The van der Waals surface area contributed by atoms with Crippen molar-refractivity contribution in [1.82, 2.24) is 15.1 Å². The molecule has 0 saturated heterocycles. The van der Waals surface area contributed by atoms with E-state index in [1.165, 1.54) is 6.20 Å². The predicted octanol–water partition coefficient (Wildman–Crippen LogP) is -0.934. The van der Waals surface area contributed by atoms with Gasteiger partial charge in [-0.05, 0) is 0 Å². The average molecular weight is 195 g/mol. The van der Waals surface area contributed by atoms with Gasteiger partial charge >= 0.3 is 5.97 Å². The third-order valence-corrected chi connectivity index (χ3v) is 1.55. The molecule has 1 heterocycles. The second-order valence-corrected chi connectivity index (χ2v) is 2.40. The van der Waals surface area contributed by atoms with Gasteiger partial charge in [0.1, 0.15) is 6.07 Å². The van der Waals surface area contributed by atoms with Crippen LogP contribution in [0.5, 0.6) is 0 Å². The van der Waals surface area contributed by atoms with E-state index in [9.17, 15) is 4.79 Å². The molecular weight excluding hydrogens is 186 g/mol. The highest BCUT2D eigenvalue weighted by Gasteiger charge is 2.05. The van der Waals surface area contributed by atoms with Gasteiger partial charge in [-0.2, -0.15) is 5.26 Å². The number of aryl methyl sites for hydroxylation is 1. The van der Waals surface area contributed by atoms with Crippen LogP contribution in [0.3, 0.4) is 0 Å². The second-order valence-electron chi connectivity index (χ2n) is 2.40. The maximum absolute atomic E-state index is 10.9. The van der Waals surface area contributed by atoms with Gasteiger partial charge in [0.2, 0.25) is 5.82 Å². The Kier molecular flexibility index (Phi) is 3.60. The first kappa shape index (κ1) is 10.2. The number of imidazole rings is 1. The molecule has 1 aromatic heterocycles. The van der Waals surface area contributed by atoms with Crippen LogP contribution in [0, 0.1) is 11.3 Å². The largest absolute Gasteiger partial charge is 0.356 e. The van der Waals surface area contributed by atoms with Crippen LogP contribution in [-0.2, 0) is 16.2 Å². The molecule has 1 aromatic rings. The van der Waals surface area contributed by atoms with Gasteiger partial charge in [-0.3, -0.25) is 4.79 Å². The number of nitriles is 1. The number of carbonyl (C=O) groups excluding carboxylic acids is 1. The van der Waals surface area contributed by atoms with Gasteiger partial charge < -0.3 is 9.40 Å². The van der Waals surface area contributed by atoms with Crippen LogP contribution in [-0.4, -0.2) is 15.5 Å². The molecule has 0 unspecified atom stereocenters. The molecule has 0 aliphatic heterocycles. The van der Waals surface area contributed by atoms with Crippen LogP contribution >= 0.6 is 0 Å². The van der Waals surface area contributed by atoms with Gasteiger partial charge in [-0.25, -0.2) is 10.8 Å². The molecule has 3 N–H and O–H groups in total. The van der Waals surface area contributed by atoms with Crippen LogP contribution in [0.15, 0.2) is 12.4 Å². The first-order valence-corrected chi connectivity index (χ1v) is 3.84. The Bertz CT molecular complexity index is 353. The number of nitrogens with two attached hydrogens (primary N) is 1. The fraction of sp³-hybridized carbons (Fsp3) is 0.286. The van der Waals surface area contributed by atoms with Crippen LogP contribution < -0.4 is 11.4 Å². The summed E-state index contributed by atoms with van der Waals surface area (Å²) in [5.74, 6) is 4.54. The first-order valence-electron chi connectivity index (χ1n) is 3.84. The van der Waals surface area contributed by atoms with Crippen LogP contribution in [0.1, 0.15) is 12.2 Å². The molecule has 0 aliphatic rings. The van der Waals surface area contributed by atoms with Gasteiger partial charge in [-0.15, -0.1) is 0 Å². The lowest BCUT2D eigenvalue weighted by Crippen LogP contribution is -2.26. The Hall–Kier alpha value is -1.91. The lowest BCUT2D eigenvalue weighted by Gasteiger charge is -2.02. The van der Waals surface area contributed by atoms with E-state index in [2.05, 4.69) is 9.82 Å². The molecule has 0 bridgehead atoms. The van der Waals surface area contributed by atoms with Gasteiger partial charge in [0.05, 0.1) is 6.42 Å². The SMILES string of the molecule is N#Cc1nccn1CCC(=O)ONN. The highest BCUT2D eigenvalue weighted by Crippen LogP contribution is 1.98. The topological polar surface area (TPSA) is 106 Å². The van der Waals surface area contributed by atoms with Crippen molar-refractivity contribution >= 4 is 5.97 Å². The Morgan fingerprint density at radius 1 is 1.86 bits per heavy atom. The van der Waals surface area contributed by atoms with E-state index in [-0.39, 0.29) is 12.2 Å². The Morgan fingerprint density at radius 3 is 3.29 bits per heavy atom. The van der Waals surface area contributed by atoms with Gasteiger partial charge in [0.25, 0.3) is 0 Å². The van der Waals surface area contributed by atoms with Crippen LogP contribution in [0.4, 0.5) is 0 Å². The van der Waals surface area contributed by atoms with E-state index >= 15 is 0 Å². The summed E-state index contributed by atoms with van der Waals surface area (Å²) in [7, 11) is 0. The van der Waals surface area contributed by atoms with Crippen molar-refractivity contribution in [2.45, 2.75) is 13.0 Å². The van der Waals surface area contributed by atoms with E-state index in [0.717, 1.165) is 0 Å². The summed E-state index contributed by atoms with van der Waals surface area (Å²) in [6.45, 7) is 0.337. The molecule has 0 fully saturated rings. The molecule has 74 valence electrons. The maximum atomic E-state index is 10.9. The van der Waals surface area contributed by atoms with E-state index in [0.29, 0.717) is 6.54 Å². The molecule has 0 aromatic carbocycles. The number of hydrogen-bond donors (Lipinski definition) is 2. The molecule has 0 saturated carbocycles. The van der Waals surface area contributed by atoms with Gasteiger partial charge in [-0.1, -0.05) is 5.59 Å². The summed E-state index contributed by atoms with van der Waals surface area (Å²) >= 11 is 0. The predicted molar refractivity (Wildman–Crippen MR) is 45.0 cm³/mol. The Balaban J connectivity index is 2.46. The molecule has 0 spiro atoms. The first-order chi connectivity index (χ1) is 6.77. The standard InChI is InChI=1S/C7H9N5O2/c8-5-6-10-2-4-12(6)3-1-7(13)14-11-9/h2,4,11H,1,3,9H2. The summed E-state index contributed by atoms with van der Waals surface area (Å²) in [5, 5.41) is 8.59. The monoisotopic (exact) mass is 195 g/mol. The smallest absolute Gasteiger partial charge is 0.328 e. The fourth-order valence-corrected chi connectivity index (χ4v) is 0.931. The summed E-state index contributed by atoms with van der Waals surface area (Å²) in [6, 6.07) is 1.89. The summed E-state index contributed by atoms with van der Waals surface area (Å²) in [4.78, 5) is 18.9. The number of nitrogens with one attached hydrogen (secondary N) is 1. The molecule has 0 amide bonds. The zero-order chi connectivity index (χ0) is 10.4. The molecule has 7 nitrogen and oxygen atoms in total. The summed E-state index contributed by atoms with van der Waals surface area (Å²) in [5.41, 5.74) is 1.79. The zero-order valence-corrected chi connectivity index (χ0v) is 7.30.